The normalized spacial score (nSPS) is 29.6. The summed E-state index contributed by atoms with van der Waals surface area (Å²) in [5.41, 5.74) is 0.565. The summed E-state index contributed by atoms with van der Waals surface area (Å²) in [6.07, 6.45) is 4.97. The number of rotatable bonds is 3. The number of likely N-dealkylation sites (tertiary alicyclic amines) is 1. The molecule has 5 rings (SSSR count). The third kappa shape index (κ3) is 2.39. The number of carbonyl (C=O) groups is 2. The molecule has 2 spiro atoms. The van der Waals surface area contributed by atoms with E-state index >= 15 is 0 Å². The quantitative estimate of drug-likeness (QED) is 0.510. The van der Waals surface area contributed by atoms with Crippen LogP contribution in [0.15, 0.2) is 55.4 Å². The number of fused-ring (bicyclic) bond motifs is 3. The van der Waals surface area contributed by atoms with Crippen LogP contribution in [0.1, 0.15) is 17.0 Å². The fourth-order valence-electron chi connectivity index (χ4n) is 5.55. The number of carbonyl (C=O) groups excluding carboxylic acids is 2. The lowest BCUT2D eigenvalue weighted by Gasteiger charge is -2.42. The van der Waals surface area contributed by atoms with Gasteiger partial charge in [-0.25, -0.2) is 4.39 Å². The highest BCUT2D eigenvalue weighted by Gasteiger charge is 2.78. The minimum absolute atomic E-state index is 0.245. The predicted octanol–water partition coefficient (Wildman–Crippen LogP) is 2.91. The van der Waals surface area contributed by atoms with Gasteiger partial charge in [-0.1, -0.05) is 30.1 Å². The summed E-state index contributed by atoms with van der Waals surface area (Å²) in [7, 11) is 3.49. The van der Waals surface area contributed by atoms with Crippen molar-refractivity contribution in [3.05, 3.63) is 72.3 Å². The van der Waals surface area contributed by atoms with Crippen molar-refractivity contribution in [1.82, 2.24) is 14.8 Å². The highest BCUT2D eigenvalue weighted by atomic mass is 32.2. The van der Waals surface area contributed by atoms with E-state index in [1.54, 1.807) is 31.6 Å². The Morgan fingerprint density at radius 1 is 1.25 bits per heavy atom. The fourth-order valence-corrected chi connectivity index (χ4v) is 7.70. The first-order valence-corrected chi connectivity index (χ1v) is 11.4. The number of hydrogen-bond acceptors (Lipinski definition) is 6. The van der Waals surface area contributed by atoms with Gasteiger partial charge in [-0.05, 0) is 42.9 Å². The Morgan fingerprint density at radius 3 is 2.66 bits per heavy atom. The molecule has 6 nitrogen and oxygen atoms in total. The average Bonchev–Trinajstić information content (AvgIpc) is 3.28. The number of aromatic nitrogens is 1. The van der Waals surface area contributed by atoms with Gasteiger partial charge in [0.2, 0.25) is 5.91 Å². The van der Waals surface area contributed by atoms with Gasteiger partial charge in [-0.2, -0.15) is 0 Å². The monoisotopic (exact) mass is 468 g/mol. The van der Waals surface area contributed by atoms with E-state index in [2.05, 4.69) is 11.6 Å². The number of nitrogens with zero attached hydrogens (tertiary/aromatic N) is 4. The molecule has 3 aliphatic rings. The van der Waals surface area contributed by atoms with Crippen molar-refractivity contribution in [3.63, 3.8) is 0 Å². The van der Waals surface area contributed by atoms with Crippen LogP contribution in [0.4, 0.5) is 10.1 Å². The smallest absolute Gasteiger partial charge is 0.254 e. The van der Waals surface area contributed by atoms with Gasteiger partial charge in [0, 0.05) is 49.7 Å². The number of anilines is 1. The van der Waals surface area contributed by atoms with Crippen LogP contribution in [-0.2, 0) is 15.1 Å². The molecular weight excluding hydrogens is 447 g/mol. The third-order valence-corrected chi connectivity index (χ3v) is 8.77. The zero-order chi connectivity index (χ0) is 22.8. The van der Waals surface area contributed by atoms with Crippen molar-refractivity contribution in [1.29, 1.82) is 0 Å². The van der Waals surface area contributed by atoms with Crippen molar-refractivity contribution in [3.8, 4) is 0 Å². The SMILES string of the molecule is C=CCN1C(=O)[C@@]2(SC1=S)[C@@H](c1ccncc1)CN(C)[C@]21C(=O)N(C)c2ccc(F)cc21. The van der Waals surface area contributed by atoms with E-state index < -0.39 is 16.1 Å². The van der Waals surface area contributed by atoms with Crippen LogP contribution in [0, 0.1) is 5.82 Å². The lowest BCUT2D eigenvalue weighted by molar-refractivity contribution is -0.138. The summed E-state index contributed by atoms with van der Waals surface area (Å²) in [4.78, 5) is 37.3. The Hall–Kier alpha value is -2.62. The maximum Gasteiger partial charge on any atom is 0.254 e. The average molecular weight is 469 g/mol. The van der Waals surface area contributed by atoms with Crippen LogP contribution in [0.3, 0.4) is 0 Å². The van der Waals surface area contributed by atoms with Gasteiger partial charge in [0.05, 0.1) is 0 Å². The minimum Gasteiger partial charge on any atom is -0.313 e. The molecule has 0 radical (unpaired) electrons. The molecule has 0 bridgehead atoms. The zero-order valence-electron chi connectivity index (χ0n) is 17.6. The Balaban J connectivity index is 1.85. The Morgan fingerprint density at radius 2 is 1.97 bits per heavy atom. The van der Waals surface area contributed by atoms with Crippen LogP contribution in [-0.4, -0.2) is 62.9 Å². The van der Waals surface area contributed by atoms with Crippen LogP contribution < -0.4 is 4.90 Å². The van der Waals surface area contributed by atoms with Gasteiger partial charge in [0.1, 0.15) is 14.9 Å². The summed E-state index contributed by atoms with van der Waals surface area (Å²) in [5.74, 6) is -1.34. The van der Waals surface area contributed by atoms with Gasteiger partial charge in [-0.3, -0.25) is 24.4 Å². The molecule has 0 N–H and O–H groups in total. The number of benzene rings is 1. The van der Waals surface area contributed by atoms with Crippen LogP contribution in [0.5, 0.6) is 0 Å². The number of thiocarbonyl (C=S) groups is 1. The molecule has 3 aliphatic heterocycles. The Kier molecular flexibility index (Phi) is 4.77. The van der Waals surface area contributed by atoms with E-state index in [9.17, 15) is 14.0 Å². The maximum atomic E-state index is 14.5. The first-order valence-electron chi connectivity index (χ1n) is 10.2. The maximum absolute atomic E-state index is 14.5. The molecule has 0 aliphatic carbocycles. The first kappa shape index (κ1) is 21.2. The molecule has 4 heterocycles. The molecule has 32 heavy (non-hydrogen) atoms. The largest absolute Gasteiger partial charge is 0.313 e. The Labute approximate surface area is 195 Å². The second-order valence-electron chi connectivity index (χ2n) is 8.26. The van der Waals surface area contributed by atoms with Gasteiger partial charge in [0.25, 0.3) is 5.91 Å². The lowest BCUT2D eigenvalue weighted by Crippen LogP contribution is -2.62. The van der Waals surface area contributed by atoms with Gasteiger partial charge in [0.15, 0.2) is 5.54 Å². The molecule has 0 saturated carbocycles. The number of amides is 2. The summed E-state index contributed by atoms with van der Waals surface area (Å²) in [6, 6.07) is 8.05. The summed E-state index contributed by atoms with van der Waals surface area (Å²) < 4.78 is 13.6. The molecule has 9 heteroatoms. The summed E-state index contributed by atoms with van der Waals surface area (Å²) in [5, 5.41) is 0. The van der Waals surface area contributed by atoms with Crippen molar-refractivity contribution in [2.75, 3.05) is 32.1 Å². The van der Waals surface area contributed by atoms with E-state index in [4.69, 9.17) is 12.2 Å². The number of pyridine rings is 1. The Bertz CT molecular complexity index is 1180. The van der Waals surface area contributed by atoms with E-state index in [0.717, 1.165) is 5.56 Å². The van der Waals surface area contributed by atoms with E-state index in [1.807, 2.05) is 24.1 Å². The fraction of sp³-hybridized carbons (Fsp3) is 0.304. The molecular formula is C23H21FN4O2S2. The number of hydrogen-bond donors (Lipinski definition) is 0. The lowest BCUT2D eigenvalue weighted by atomic mass is 9.72. The van der Waals surface area contributed by atoms with Gasteiger partial charge >= 0.3 is 0 Å². The summed E-state index contributed by atoms with van der Waals surface area (Å²) >= 11 is 6.87. The molecule has 3 atom stereocenters. The second kappa shape index (κ2) is 7.19. The molecule has 2 aromatic rings. The number of likely N-dealkylation sites (N-methyl/N-ethyl adjacent to an activating group) is 2. The van der Waals surface area contributed by atoms with Crippen molar-refractivity contribution >= 4 is 45.8 Å². The third-order valence-electron chi connectivity index (χ3n) is 6.83. The highest BCUT2D eigenvalue weighted by molar-refractivity contribution is 8.25. The van der Waals surface area contributed by atoms with E-state index in [-0.39, 0.29) is 24.3 Å². The molecule has 164 valence electrons. The van der Waals surface area contributed by atoms with Gasteiger partial charge in [-0.15, -0.1) is 6.58 Å². The minimum atomic E-state index is -1.41. The number of thioether (sulfide) groups is 1. The number of halogens is 1. The molecule has 1 aromatic heterocycles. The van der Waals surface area contributed by atoms with Crippen LogP contribution in [0.2, 0.25) is 0 Å². The molecule has 2 amide bonds. The standard InChI is InChI=1S/C23H21FN4O2S2/c1-4-11-28-20(30)23(32-21(28)31)17(14-7-9-25-10-8-14)13-26(2)22(23)16-12-15(24)5-6-18(16)27(3)19(22)29/h4-10,12,17H,1,11,13H2,2-3H3/t17-,22-,23+/m1/s1. The predicted molar refractivity (Wildman–Crippen MR) is 126 cm³/mol. The molecule has 1 aromatic carbocycles. The molecule has 0 unspecified atom stereocenters. The van der Waals surface area contributed by atoms with Crippen molar-refractivity contribution in [2.24, 2.45) is 0 Å². The molecule has 2 saturated heterocycles. The highest BCUT2D eigenvalue weighted by Crippen LogP contribution is 2.66. The topological polar surface area (TPSA) is 56.8 Å². The second-order valence-corrected chi connectivity index (χ2v) is 10.1. The molecule has 2 fully saturated rings. The van der Waals surface area contributed by atoms with E-state index in [0.29, 0.717) is 22.1 Å². The van der Waals surface area contributed by atoms with Crippen molar-refractivity contribution in [2.45, 2.75) is 16.2 Å². The first-order chi connectivity index (χ1) is 15.3. The zero-order valence-corrected chi connectivity index (χ0v) is 19.3. The van der Waals surface area contributed by atoms with Gasteiger partial charge < -0.3 is 4.90 Å². The van der Waals surface area contributed by atoms with Crippen LogP contribution >= 0.6 is 24.0 Å². The van der Waals surface area contributed by atoms with Crippen molar-refractivity contribution < 1.29 is 14.0 Å². The van der Waals surface area contributed by atoms with Crippen LogP contribution in [0.25, 0.3) is 0 Å². The summed E-state index contributed by atoms with van der Waals surface area (Å²) in [6.45, 7) is 4.42. The van der Waals surface area contributed by atoms with E-state index in [1.165, 1.54) is 33.7 Å².